The van der Waals surface area contributed by atoms with Crippen molar-refractivity contribution in [3.63, 3.8) is 0 Å². The van der Waals surface area contributed by atoms with E-state index in [1.54, 1.807) is 6.20 Å². The van der Waals surface area contributed by atoms with Gasteiger partial charge < -0.3 is 5.32 Å². The second-order valence-corrected chi connectivity index (χ2v) is 4.49. The molecule has 0 amide bonds. The van der Waals surface area contributed by atoms with Crippen LogP contribution < -0.4 is 5.32 Å². The van der Waals surface area contributed by atoms with Gasteiger partial charge in [0.15, 0.2) is 5.82 Å². The van der Waals surface area contributed by atoms with Gasteiger partial charge in [0.1, 0.15) is 0 Å². The van der Waals surface area contributed by atoms with E-state index in [4.69, 9.17) is 0 Å². The van der Waals surface area contributed by atoms with E-state index < -0.39 is 0 Å². The van der Waals surface area contributed by atoms with Gasteiger partial charge in [-0.1, -0.05) is 13.8 Å². The molecule has 5 heteroatoms. The molecule has 0 spiro atoms. The van der Waals surface area contributed by atoms with E-state index in [1.165, 1.54) is 17.1 Å². The normalized spacial score (nSPS) is 10.5. The average Bonchev–Trinajstić information content (AvgIpc) is 2.85. The Morgan fingerprint density at radius 2 is 2.24 bits per heavy atom. The van der Waals surface area contributed by atoms with Gasteiger partial charge in [0.05, 0.1) is 0 Å². The van der Waals surface area contributed by atoms with Gasteiger partial charge >= 0.3 is 0 Å². The summed E-state index contributed by atoms with van der Waals surface area (Å²) in [6, 6.07) is 1.98. The smallest absolute Gasteiger partial charge is 0.202 e. The highest BCUT2D eigenvalue weighted by Gasteiger charge is 2.09. The van der Waals surface area contributed by atoms with E-state index in [-0.39, 0.29) is 0 Å². The second kappa shape index (κ2) is 5.72. The Morgan fingerprint density at radius 3 is 3.00 bits per heavy atom. The predicted octanol–water partition coefficient (Wildman–Crippen LogP) is 2.98. The molecular weight excluding hydrogens is 232 g/mol. The Labute approximate surface area is 105 Å². The lowest BCUT2D eigenvalue weighted by molar-refractivity contribution is 0.976. The van der Waals surface area contributed by atoms with Crippen molar-refractivity contribution < 1.29 is 0 Å². The van der Waals surface area contributed by atoms with Crippen molar-refractivity contribution in [1.29, 1.82) is 0 Å². The number of hydrogen-bond acceptors (Lipinski definition) is 5. The molecule has 0 radical (unpaired) electrons. The molecule has 17 heavy (non-hydrogen) atoms. The monoisotopic (exact) mass is 248 g/mol. The van der Waals surface area contributed by atoms with E-state index in [0.717, 1.165) is 35.9 Å². The van der Waals surface area contributed by atoms with Crippen LogP contribution in [0, 0.1) is 0 Å². The first-order chi connectivity index (χ1) is 8.35. The standard InChI is InChI=1S/C12H16N4S/c1-3-6-14-12-15-11(16-17-12)10-5-7-13-8-9(10)4-2/h5,7-8H,3-4,6H2,1-2H3,(H,14,15,16). The average molecular weight is 248 g/mol. The second-order valence-electron chi connectivity index (χ2n) is 3.74. The fourth-order valence-corrected chi connectivity index (χ4v) is 2.17. The van der Waals surface area contributed by atoms with E-state index in [1.807, 2.05) is 12.3 Å². The number of nitrogens with zero attached hydrogens (tertiary/aromatic N) is 3. The summed E-state index contributed by atoms with van der Waals surface area (Å²) in [6.07, 6.45) is 5.70. The van der Waals surface area contributed by atoms with Crippen LogP contribution in [-0.4, -0.2) is 20.9 Å². The molecule has 2 rings (SSSR count). The molecule has 0 aromatic carbocycles. The Hall–Kier alpha value is -1.49. The van der Waals surface area contributed by atoms with Gasteiger partial charge in [-0.3, -0.25) is 4.98 Å². The molecule has 0 aliphatic carbocycles. The number of rotatable bonds is 5. The van der Waals surface area contributed by atoms with Crippen molar-refractivity contribution >= 4 is 16.7 Å². The largest absolute Gasteiger partial charge is 0.360 e. The van der Waals surface area contributed by atoms with Gasteiger partial charge in [0, 0.05) is 36.0 Å². The van der Waals surface area contributed by atoms with Crippen molar-refractivity contribution in [2.75, 3.05) is 11.9 Å². The summed E-state index contributed by atoms with van der Waals surface area (Å²) in [4.78, 5) is 8.63. The molecule has 0 atom stereocenters. The van der Waals surface area contributed by atoms with E-state index >= 15 is 0 Å². The van der Waals surface area contributed by atoms with Crippen molar-refractivity contribution in [2.24, 2.45) is 0 Å². The number of hydrogen-bond donors (Lipinski definition) is 1. The van der Waals surface area contributed by atoms with Crippen LogP contribution in [0.5, 0.6) is 0 Å². The summed E-state index contributed by atoms with van der Waals surface area (Å²) in [5.74, 6) is 0.799. The quantitative estimate of drug-likeness (QED) is 0.883. The number of pyridine rings is 1. The van der Waals surface area contributed by atoms with Gasteiger partial charge in [-0.25, -0.2) is 0 Å². The first-order valence-electron chi connectivity index (χ1n) is 5.86. The third-order valence-corrected chi connectivity index (χ3v) is 3.15. The minimum atomic E-state index is 0.799. The van der Waals surface area contributed by atoms with Gasteiger partial charge in [-0.2, -0.15) is 9.36 Å². The fourth-order valence-electron chi connectivity index (χ4n) is 1.56. The predicted molar refractivity (Wildman–Crippen MR) is 71.3 cm³/mol. The summed E-state index contributed by atoms with van der Waals surface area (Å²) in [7, 11) is 0. The van der Waals surface area contributed by atoms with Crippen LogP contribution in [0.25, 0.3) is 11.4 Å². The fraction of sp³-hybridized carbons (Fsp3) is 0.417. The first-order valence-corrected chi connectivity index (χ1v) is 6.63. The highest BCUT2D eigenvalue weighted by Crippen LogP contribution is 2.24. The van der Waals surface area contributed by atoms with Crippen molar-refractivity contribution in [1.82, 2.24) is 14.3 Å². The zero-order valence-corrected chi connectivity index (χ0v) is 10.9. The molecule has 2 heterocycles. The molecule has 0 aliphatic rings. The number of aromatic nitrogens is 3. The van der Waals surface area contributed by atoms with Gasteiger partial charge in [-0.15, -0.1) is 0 Å². The Morgan fingerprint density at radius 1 is 1.35 bits per heavy atom. The van der Waals surface area contributed by atoms with Crippen molar-refractivity contribution in [2.45, 2.75) is 26.7 Å². The molecule has 4 nitrogen and oxygen atoms in total. The maximum atomic E-state index is 4.50. The van der Waals surface area contributed by atoms with Crippen molar-refractivity contribution in [3.05, 3.63) is 24.0 Å². The van der Waals surface area contributed by atoms with Crippen LogP contribution in [0.4, 0.5) is 5.13 Å². The highest BCUT2D eigenvalue weighted by atomic mass is 32.1. The zero-order chi connectivity index (χ0) is 12.1. The summed E-state index contributed by atoms with van der Waals surface area (Å²) in [5.41, 5.74) is 2.27. The van der Waals surface area contributed by atoms with E-state index in [2.05, 4.69) is 33.5 Å². The van der Waals surface area contributed by atoms with Crippen LogP contribution in [0.1, 0.15) is 25.8 Å². The van der Waals surface area contributed by atoms with Gasteiger partial charge in [0.2, 0.25) is 5.13 Å². The molecule has 0 bridgehead atoms. The molecular formula is C12H16N4S. The Bertz CT molecular complexity index is 481. The van der Waals surface area contributed by atoms with Crippen LogP contribution in [0.3, 0.4) is 0 Å². The third-order valence-electron chi connectivity index (χ3n) is 2.48. The molecule has 0 unspecified atom stereocenters. The molecule has 2 aromatic rings. The molecule has 0 fully saturated rings. The molecule has 0 saturated heterocycles. The minimum absolute atomic E-state index is 0.799. The topological polar surface area (TPSA) is 50.7 Å². The zero-order valence-electron chi connectivity index (χ0n) is 10.1. The van der Waals surface area contributed by atoms with Crippen LogP contribution in [-0.2, 0) is 6.42 Å². The van der Waals surface area contributed by atoms with Crippen molar-refractivity contribution in [3.8, 4) is 11.4 Å². The van der Waals surface area contributed by atoms with Gasteiger partial charge in [0.25, 0.3) is 0 Å². The van der Waals surface area contributed by atoms with Crippen LogP contribution in [0.2, 0.25) is 0 Å². The Kier molecular flexibility index (Phi) is 4.03. The highest BCUT2D eigenvalue weighted by molar-refractivity contribution is 7.09. The molecule has 1 N–H and O–H groups in total. The van der Waals surface area contributed by atoms with Crippen LogP contribution in [0.15, 0.2) is 18.5 Å². The maximum absolute atomic E-state index is 4.50. The molecule has 0 saturated carbocycles. The number of nitrogens with one attached hydrogen (secondary N) is 1. The maximum Gasteiger partial charge on any atom is 0.202 e. The molecule has 0 aliphatic heterocycles. The number of aryl methyl sites for hydroxylation is 1. The van der Waals surface area contributed by atoms with Crippen LogP contribution >= 0.6 is 11.5 Å². The SMILES string of the molecule is CCCNc1nc(-c2ccncc2CC)ns1. The summed E-state index contributed by atoms with van der Waals surface area (Å²) in [6.45, 7) is 5.18. The minimum Gasteiger partial charge on any atom is -0.360 e. The lowest BCUT2D eigenvalue weighted by atomic mass is 10.1. The molecule has 90 valence electrons. The Balaban J connectivity index is 2.24. The summed E-state index contributed by atoms with van der Waals surface area (Å²) in [5, 5.41) is 4.14. The number of anilines is 1. The molecule has 2 aromatic heterocycles. The summed E-state index contributed by atoms with van der Waals surface area (Å²) >= 11 is 1.41. The van der Waals surface area contributed by atoms with E-state index in [0.29, 0.717) is 0 Å². The summed E-state index contributed by atoms with van der Waals surface area (Å²) < 4.78 is 4.39. The van der Waals surface area contributed by atoms with Gasteiger partial charge in [-0.05, 0) is 24.5 Å². The first kappa shape index (κ1) is 12.0. The third kappa shape index (κ3) is 2.79. The van der Waals surface area contributed by atoms with E-state index in [9.17, 15) is 0 Å². The lowest BCUT2D eigenvalue weighted by Gasteiger charge is -2.02. The lowest BCUT2D eigenvalue weighted by Crippen LogP contribution is -1.98.